The van der Waals surface area contributed by atoms with Crippen molar-refractivity contribution in [2.45, 2.75) is 38.6 Å². The van der Waals surface area contributed by atoms with Gasteiger partial charge in [-0.25, -0.2) is 0 Å². The molecular formula is C29H31N5S. The monoisotopic (exact) mass is 481 g/mol. The number of pyridine rings is 1. The summed E-state index contributed by atoms with van der Waals surface area (Å²) in [6.45, 7) is 7.00. The van der Waals surface area contributed by atoms with E-state index in [1.54, 1.807) is 18.0 Å². The van der Waals surface area contributed by atoms with Gasteiger partial charge in [-0.15, -0.1) is 6.42 Å². The SMILES string of the molecule is C#CC1=CC=CC(Nc2c(C#N)cnc(C)c2SC(Nc2ccc(CN(C)C)cc2)=C(C)C)=CC1. The molecule has 0 radical (unpaired) electrons. The quantitative estimate of drug-likeness (QED) is 0.327. The van der Waals surface area contributed by atoms with E-state index in [-0.39, 0.29) is 0 Å². The maximum absolute atomic E-state index is 9.82. The number of nitrogens with zero attached hydrogens (tertiary/aromatic N) is 3. The molecule has 0 saturated carbocycles. The van der Waals surface area contributed by atoms with E-state index in [0.29, 0.717) is 12.0 Å². The smallest absolute Gasteiger partial charge is 0.103 e. The van der Waals surface area contributed by atoms with Gasteiger partial charge >= 0.3 is 0 Å². The lowest BCUT2D eigenvalue weighted by atomic mass is 10.2. The molecule has 0 spiro atoms. The van der Waals surface area contributed by atoms with Crippen LogP contribution in [0.1, 0.15) is 37.1 Å². The predicted octanol–water partition coefficient (Wildman–Crippen LogP) is 6.59. The van der Waals surface area contributed by atoms with Crippen molar-refractivity contribution in [2.24, 2.45) is 0 Å². The number of aromatic nitrogens is 1. The molecule has 0 bridgehead atoms. The minimum Gasteiger partial charge on any atom is -0.354 e. The standard InChI is InChI=1S/C29H31N5S/c1-7-22-9-8-10-25(14-11-22)32-27-24(17-30)18-31-21(4)28(27)35-29(20(2)3)33-26-15-12-23(13-16-26)19-34(5)6/h1,8-10,12-16,18,33H,11,19H2,2-6H3,(H,31,32). The van der Waals surface area contributed by atoms with Gasteiger partial charge in [-0.1, -0.05) is 48.0 Å². The average molecular weight is 482 g/mol. The van der Waals surface area contributed by atoms with Crippen molar-refractivity contribution in [1.29, 1.82) is 5.26 Å². The summed E-state index contributed by atoms with van der Waals surface area (Å²) in [5.74, 6) is 2.70. The Morgan fingerprint density at radius 3 is 2.60 bits per heavy atom. The lowest BCUT2D eigenvalue weighted by Gasteiger charge is -2.19. The molecule has 0 aliphatic heterocycles. The number of nitrogens with one attached hydrogen (secondary N) is 2. The zero-order chi connectivity index (χ0) is 25.4. The van der Waals surface area contributed by atoms with Crippen LogP contribution >= 0.6 is 11.8 Å². The number of benzene rings is 1. The number of hydrogen-bond donors (Lipinski definition) is 2. The van der Waals surface area contributed by atoms with Crippen LogP contribution in [0.15, 0.2) is 81.5 Å². The van der Waals surface area contributed by atoms with E-state index in [0.717, 1.165) is 50.4 Å². The zero-order valence-electron chi connectivity index (χ0n) is 20.9. The van der Waals surface area contributed by atoms with E-state index in [4.69, 9.17) is 6.42 Å². The van der Waals surface area contributed by atoms with E-state index in [1.165, 1.54) is 5.56 Å². The second kappa shape index (κ2) is 12.1. The molecule has 35 heavy (non-hydrogen) atoms. The Labute approximate surface area is 213 Å². The fourth-order valence-electron chi connectivity index (χ4n) is 3.43. The van der Waals surface area contributed by atoms with Gasteiger partial charge in [-0.05, 0) is 64.2 Å². The Kier molecular flexibility index (Phi) is 8.98. The molecule has 1 aliphatic rings. The number of allylic oxidation sites excluding steroid dienone is 6. The maximum atomic E-state index is 9.82. The summed E-state index contributed by atoms with van der Waals surface area (Å²) in [6.07, 6.45) is 15.7. The fourth-order valence-corrected chi connectivity index (χ4v) is 4.47. The molecule has 3 rings (SSSR count). The fraction of sp³-hybridized carbons (Fsp3) is 0.241. The van der Waals surface area contributed by atoms with E-state index in [1.807, 2.05) is 31.2 Å². The van der Waals surface area contributed by atoms with Gasteiger partial charge < -0.3 is 15.5 Å². The van der Waals surface area contributed by atoms with Crippen LogP contribution in [0.4, 0.5) is 11.4 Å². The molecule has 0 amide bonds. The predicted molar refractivity (Wildman–Crippen MR) is 148 cm³/mol. The van der Waals surface area contributed by atoms with E-state index < -0.39 is 0 Å². The van der Waals surface area contributed by atoms with Crippen molar-refractivity contribution in [3.8, 4) is 18.4 Å². The van der Waals surface area contributed by atoms with Gasteiger partial charge in [0.2, 0.25) is 0 Å². The van der Waals surface area contributed by atoms with Crippen LogP contribution in [0, 0.1) is 30.6 Å². The van der Waals surface area contributed by atoms with E-state index >= 15 is 0 Å². The summed E-state index contributed by atoms with van der Waals surface area (Å²) < 4.78 is 0. The van der Waals surface area contributed by atoms with Crippen LogP contribution < -0.4 is 10.6 Å². The summed E-state index contributed by atoms with van der Waals surface area (Å²) in [5.41, 5.74) is 7.28. The van der Waals surface area contributed by atoms with Gasteiger partial charge in [0.15, 0.2) is 0 Å². The first-order chi connectivity index (χ1) is 16.8. The third kappa shape index (κ3) is 7.13. The van der Waals surface area contributed by atoms with Gasteiger partial charge in [0, 0.05) is 36.1 Å². The lowest BCUT2D eigenvalue weighted by Crippen LogP contribution is -2.10. The minimum absolute atomic E-state index is 0.489. The van der Waals surface area contributed by atoms with E-state index in [2.05, 4.69) is 84.7 Å². The van der Waals surface area contributed by atoms with Crippen LogP contribution in [0.25, 0.3) is 0 Å². The largest absolute Gasteiger partial charge is 0.354 e. The summed E-state index contributed by atoms with van der Waals surface area (Å²) >= 11 is 1.58. The summed E-state index contributed by atoms with van der Waals surface area (Å²) in [6, 6.07) is 10.7. The van der Waals surface area contributed by atoms with Crippen molar-refractivity contribution >= 4 is 23.1 Å². The molecule has 2 aromatic rings. The molecule has 1 heterocycles. The first-order valence-electron chi connectivity index (χ1n) is 11.4. The second-order valence-corrected chi connectivity index (χ2v) is 9.77. The number of aryl methyl sites for hydroxylation is 1. The molecule has 6 heteroatoms. The number of nitriles is 1. The number of anilines is 2. The topological polar surface area (TPSA) is 64.0 Å². The molecule has 1 aliphatic carbocycles. The lowest BCUT2D eigenvalue weighted by molar-refractivity contribution is 0.402. The maximum Gasteiger partial charge on any atom is 0.103 e. The van der Waals surface area contributed by atoms with E-state index in [9.17, 15) is 5.26 Å². The highest BCUT2D eigenvalue weighted by Crippen LogP contribution is 2.39. The minimum atomic E-state index is 0.489. The first kappa shape index (κ1) is 25.9. The molecule has 1 aromatic carbocycles. The molecule has 5 nitrogen and oxygen atoms in total. The van der Waals surface area contributed by atoms with Gasteiger partial charge in [0.25, 0.3) is 0 Å². The number of thioether (sulfide) groups is 1. The van der Waals surface area contributed by atoms with Gasteiger partial charge in [-0.2, -0.15) is 5.26 Å². The third-order valence-electron chi connectivity index (χ3n) is 5.27. The number of rotatable bonds is 8. The molecule has 0 unspecified atom stereocenters. The van der Waals surface area contributed by atoms with Crippen molar-refractivity contribution in [3.05, 3.63) is 93.5 Å². The summed E-state index contributed by atoms with van der Waals surface area (Å²) in [5, 5.41) is 17.8. The van der Waals surface area contributed by atoms with Crippen LogP contribution in [0.3, 0.4) is 0 Å². The highest BCUT2D eigenvalue weighted by molar-refractivity contribution is 8.03. The van der Waals surface area contributed by atoms with Crippen molar-refractivity contribution in [3.63, 3.8) is 0 Å². The Morgan fingerprint density at radius 2 is 1.97 bits per heavy atom. The third-order valence-corrected chi connectivity index (χ3v) is 6.69. The average Bonchev–Trinajstić information content (AvgIpc) is 3.06. The van der Waals surface area contributed by atoms with Gasteiger partial charge in [0.05, 0.1) is 26.9 Å². The van der Waals surface area contributed by atoms with Crippen LogP contribution in [0.2, 0.25) is 0 Å². The van der Waals surface area contributed by atoms with Crippen LogP contribution in [-0.4, -0.2) is 24.0 Å². The normalized spacial score (nSPS) is 12.7. The molecule has 2 N–H and O–H groups in total. The van der Waals surface area contributed by atoms with Crippen LogP contribution in [0.5, 0.6) is 0 Å². The Balaban J connectivity index is 1.90. The van der Waals surface area contributed by atoms with Gasteiger partial charge in [0.1, 0.15) is 6.07 Å². The van der Waals surface area contributed by atoms with Crippen molar-refractivity contribution in [2.75, 3.05) is 24.7 Å². The highest BCUT2D eigenvalue weighted by atomic mass is 32.2. The molecule has 0 fully saturated rings. The first-order valence-corrected chi connectivity index (χ1v) is 12.2. The molecule has 0 saturated heterocycles. The molecular weight excluding hydrogens is 450 g/mol. The zero-order valence-corrected chi connectivity index (χ0v) is 21.8. The van der Waals surface area contributed by atoms with Crippen LogP contribution in [-0.2, 0) is 6.54 Å². The summed E-state index contributed by atoms with van der Waals surface area (Å²) in [4.78, 5) is 7.54. The second-order valence-electron chi connectivity index (χ2n) is 8.75. The molecule has 178 valence electrons. The van der Waals surface area contributed by atoms with Gasteiger partial charge in [-0.3, -0.25) is 4.98 Å². The van der Waals surface area contributed by atoms with Crippen molar-refractivity contribution in [1.82, 2.24) is 9.88 Å². The Bertz CT molecular complexity index is 1280. The molecule has 0 atom stereocenters. The number of terminal acetylenes is 1. The Morgan fingerprint density at radius 1 is 1.23 bits per heavy atom. The number of hydrogen-bond acceptors (Lipinski definition) is 6. The highest BCUT2D eigenvalue weighted by Gasteiger charge is 2.17. The Hall–Kier alpha value is -3.71. The van der Waals surface area contributed by atoms with Crippen molar-refractivity contribution < 1.29 is 0 Å². The summed E-state index contributed by atoms with van der Waals surface area (Å²) in [7, 11) is 4.12. The molecule has 1 aromatic heterocycles.